The molecule has 84 valence electrons. The highest BCUT2D eigenvalue weighted by Crippen LogP contribution is 2.10. The maximum atomic E-state index is 11.2. The Bertz CT molecular complexity index is 360. The van der Waals surface area contributed by atoms with Crippen LogP contribution in [0.1, 0.15) is 13.8 Å². The second-order valence-electron chi connectivity index (χ2n) is 2.39. The molecular weight excluding hydrogens is 212 g/mol. The molecule has 0 heterocycles. The molecule has 0 bridgehead atoms. The fourth-order valence-electron chi connectivity index (χ4n) is 0.802. The molecule has 0 aromatic carbocycles. The summed E-state index contributed by atoms with van der Waals surface area (Å²) < 4.78 is 9.07. The van der Waals surface area contributed by atoms with E-state index in [4.69, 9.17) is 11.8 Å². The van der Waals surface area contributed by atoms with Crippen LogP contribution >= 0.6 is 0 Å². The number of hydrogen-bond donors (Lipinski definition) is 0. The van der Waals surface area contributed by atoms with Gasteiger partial charge in [0.2, 0.25) is 0 Å². The van der Waals surface area contributed by atoms with Gasteiger partial charge in [-0.15, -0.1) is 0 Å². The second kappa shape index (κ2) is 7.02. The number of esters is 2. The fourth-order valence-corrected chi connectivity index (χ4v) is 0.802. The monoisotopic (exact) mass is 222 g/mol. The lowest BCUT2D eigenvalue weighted by Crippen LogP contribution is -2.14. The molecule has 0 saturated carbocycles. The van der Waals surface area contributed by atoms with Crippen molar-refractivity contribution < 1.29 is 19.1 Å². The number of rotatable bonds is 4. The van der Waals surface area contributed by atoms with E-state index in [1.165, 1.54) is 6.07 Å². The summed E-state index contributed by atoms with van der Waals surface area (Å²) in [6.07, 6.45) is 0. The van der Waals surface area contributed by atoms with Crippen LogP contribution in [0.25, 0.3) is 4.85 Å². The third kappa shape index (κ3) is 3.43. The molecular formula is C10H10N2O4. The van der Waals surface area contributed by atoms with Crippen LogP contribution in [0.4, 0.5) is 0 Å². The number of nitrogens with zero attached hydrogens (tertiary/aromatic N) is 2. The van der Waals surface area contributed by atoms with Gasteiger partial charge in [0.15, 0.2) is 5.57 Å². The topological polar surface area (TPSA) is 80.8 Å². The van der Waals surface area contributed by atoms with Gasteiger partial charge >= 0.3 is 11.9 Å². The van der Waals surface area contributed by atoms with E-state index in [0.29, 0.717) is 0 Å². The van der Waals surface area contributed by atoms with Crippen molar-refractivity contribution >= 4 is 11.9 Å². The molecule has 0 atom stereocenters. The first kappa shape index (κ1) is 13.7. The Kier molecular flexibility index (Phi) is 5.99. The molecule has 0 aliphatic heterocycles. The van der Waals surface area contributed by atoms with Crippen LogP contribution in [0, 0.1) is 17.9 Å². The highest BCUT2D eigenvalue weighted by Gasteiger charge is 2.23. The molecule has 0 N–H and O–H groups in total. The van der Waals surface area contributed by atoms with Gasteiger partial charge < -0.3 is 9.47 Å². The van der Waals surface area contributed by atoms with Crippen LogP contribution in [0.3, 0.4) is 0 Å². The average Bonchev–Trinajstić information content (AvgIpc) is 2.25. The van der Waals surface area contributed by atoms with Gasteiger partial charge in [0.25, 0.3) is 5.70 Å². The highest BCUT2D eigenvalue weighted by molar-refractivity contribution is 6.04. The van der Waals surface area contributed by atoms with Crippen molar-refractivity contribution in [2.24, 2.45) is 0 Å². The van der Waals surface area contributed by atoms with Crippen molar-refractivity contribution in [2.45, 2.75) is 13.8 Å². The van der Waals surface area contributed by atoms with E-state index in [-0.39, 0.29) is 13.2 Å². The molecule has 0 radical (unpaired) electrons. The molecule has 0 rings (SSSR count). The van der Waals surface area contributed by atoms with Gasteiger partial charge in [0.05, 0.1) is 25.9 Å². The van der Waals surface area contributed by atoms with E-state index in [2.05, 4.69) is 14.3 Å². The molecule has 0 aliphatic rings. The van der Waals surface area contributed by atoms with Gasteiger partial charge in [-0.25, -0.2) is 9.64 Å². The van der Waals surface area contributed by atoms with Crippen LogP contribution in [0.15, 0.2) is 11.3 Å². The van der Waals surface area contributed by atoms with E-state index in [9.17, 15) is 9.59 Å². The number of hydrogen-bond acceptors (Lipinski definition) is 5. The molecule has 0 aromatic rings. The minimum atomic E-state index is -0.998. The molecule has 0 spiro atoms. The van der Waals surface area contributed by atoms with Crippen LogP contribution in [0.5, 0.6) is 0 Å². The zero-order valence-electron chi connectivity index (χ0n) is 8.94. The van der Waals surface area contributed by atoms with E-state index in [1.807, 2.05) is 0 Å². The van der Waals surface area contributed by atoms with Gasteiger partial charge in [0, 0.05) is 0 Å². The largest absolute Gasteiger partial charge is 0.471 e. The van der Waals surface area contributed by atoms with E-state index >= 15 is 0 Å². The number of carbonyl (C=O) groups is 2. The van der Waals surface area contributed by atoms with E-state index < -0.39 is 23.2 Å². The molecule has 0 saturated heterocycles. The maximum absolute atomic E-state index is 11.2. The Morgan fingerprint density at radius 3 is 2.12 bits per heavy atom. The zero-order valence-corrected chi connectivity index (χ0v) is 8.94. The van der Waals surface area contributed by atoms with Crippen LogP contribution < -0.4 is 0 Å². The first-order valence-corrected chi connectivity index (χ1v) is 4.48. The van der Waals surface area contributed by atoms with Crippen molar-refractivity contribution in [3.63, 3.8) is 0 Å². The Morgan fingerprint density at radius 1 is 1.25 bits per heavy atom. The zero-order chi connectivity index (χ0) is 12.6. The van der Waals surface area contributed by atoms with Crippen molar-refractivity contribution in [1.29, 1.82) is 5.26 Å². The maximum Gasteiger partial charge on any atom is 0.338 e. The first-order chi connectivity index (χ1) is 7.62. The van der Waals surface area contributed by atoms with Crippen molar-refractivity contribution in [3.8, 4) is 6.07 Å². The van der Waals surface area contributed by atoms with Gasteiger partial charge in [-0.3, -0.25) is 4.79 Å². The summed E-state index contributed by atoms with van der Waals surface area (Å²) in [5.41, 5.74) is -1.28. The summed E-state index contributed by atoms with van der Waals surface area (Å²) in [4.78, 5) is 25.3. The van der Waals surface area contributed by atoms with Gasteiger partial charge in [0.1, 0.15) is 0 Å². The number of carbonyl (C=O) groups excluding carboxylic acids is 2. The average molecular weight is 222 g/mol. The molecule has 6 nitrogen and oxygen atoms in total. The van der Waals surface area contributed by atoms with Crippen LogP contribution in [-0.4, -0.2) is 25.2 Å². The van der Waals surface area contributed by atoms with Crippen LogP contribution in [0.2, 0.25) is 0 Å². The lowest BCUT2D eigenvalue weighted by Gasteiger charge is -2.03. The predicted molar refractivity (Wildman–Crippen MR) is 52.5 cm³/mol. The van der Waals surface area contributed by atoms with Crippen molar-refractivity contribution in [2.75, 3.05) is 13.2 Å². The highest BCUT2D eigenvalue weighted by atomic mass is 16.5. The third-order valence-electron chi connectivity index (χ3n) is 1.41. The fraction of sp³-hybridized carbons (Fsp3) is 0.400. The Hall–Kier alpha value is -2.34. The molecule has 16 heavy (non-hydrogen) atoms. The summed E-state index contributed by atoms with van der Waals surface area (Å²) in [6.45, 7) is 9.95. The lowest BCUT2D eigenvalue weighted by molar-refractivity contribution is -0.141. The normalized spacial score (nSPS) is 10.5. The molecule has 0 amide bonds. The Labute approximate surface area is 92.9 Å². The smallest absolute Gasteiger partial charge is 0.338 e. The minimum absolute atomic E-state index is 0.0537. The van der Waals surface area contributed by atoms with E-state index in [0.717, 1.165) is 0 Å². The van der Waals surface area contributed by atoms with Gasteiger partial charge in [-0.1, -0.05) is 0 Å². The SMILES string of the molecule is [C-]#[N+]/C(C(=O)OCC)=C(/C#N)C(=O)OCC. The quantitative estimate of drug-likeness (QED) is 0.304. The summed E-state index contributed by atoms with van der Waals surface area (Å²) >= 11 is 0. The Balaban J connectivity index is 5.26. The molecule has 6 heteroatoms. The third-order valence-corrected chi connectivity index (χ3v) is 1.41. The predicted octanol–water partition coefficient (Wildman–Crippen LogP) is 0.810. The van der Waals surface area contributed by atoms with Crippen molar-refractivity contribution in [3.05, 3.63) is 22.7 Å². The Morgan fingerprint density at radius 2 is 1.75 bits per heavy atom. The second-order valence-corrected chi connectivity index (χ2v) is 2.39. The lowest BCUT2D eigenvalue weighted by atomic mass is 10.2. The molecule has 0 aliphatic carbocycles. The number of ether oxygens (including phenoxy) is 2. The standard InChI is InChI=1S/C10H10N2O4/c1-4-15-9(13)7(6-11)8(12-3)10(14)16-5-2/h4-5H2,1-2H3/b8-7-. The first-order valence-electron chi connectivity index (χ1n) is 4.48. The van der Waals surface area contributed by atoms with Gasteiger partial charge in [-0.05, 0) is 13.8 Å². The van der Waals surface area contributed by atoms with E-state index in [1.54, 1.807) is 13.8 Å². The summed E-state index contributed by atoms with van der Waals surface area (Å²) in [7, 11) is 0. The summed E-state index contributed by atoms with van der Waals surface area (Å²) in [5.74, 6) is -1.99. The van der Waals surface area contributed by atoms with Gasteiger partial charge in [-0.2, -0.15) is 5.26 Å². The molecule has 0 unspecified atom stereocenters. The summed E-state index contributed by atoms with van der Waals surface area (Å²) in [6, 6.07) is 1.47. The molecule has 0 fully saturated rings. The van der Waals surface area contributed by atoms with Crippen LogP contribution in [-0.2, 0) is 19.1 Å². The number of nitriles is 1. The van der Waals surface area contributed by atoms with Crippen molar-refractivity contribution in [1.82, 2.24) is 0 Å². The summed E-state index contributed by atoms with van der Waals surface area (Å²) in [5, 5.41) is 8.68. The minimum Gasteiger partial charge on any atom is -0.471 e. The molecule has 0 aromatic heterocycles.